The Labute approximate surface area is 109 Å². The average molecular weight is 286 g/mol. The van der Waals surface area contributed by atoms with Gasteiger partial charge in [0.2, 0.25) is 10.0 Å². The van der Waals surface area contributed by atoms with E-state index in [-0.39, 0.29) is 12.0 Å². The third-order valence-corrected chi connectivity index (χ3v) is 3.84. The summed E-state index contributed by atoms with van der Waals surface area (Å²) in [5, 5.41) is 17.1. The minimum atomic E-state index is -4.12. The molecule has 19 heavy (non-hydrogen) atoms. The normalized spacial score (nSPS) is 12.7. The lowest BCUT2D eigenvalue weighted by molar-refractivity contribution is 0.0696. The van der Waals surface area contributed by atoms with Gasteiger partial charge >= 0.3 is 5.97 Å². The van der Waals surface area contributed by atoms with Crippen LogP contribution >= 0.6 is 0 Å². The van der Waals surface area contributed by atoms with Crippen LogP contribution in [0.3, 0.4) is 0 Å². The molecule has 0 aliphatic rings. The van der Waals surface area contributed by atoms with Crippen molar-refractivity contribution >= 4 is 16.0 Å². The second kappa shape index (κ2) is 5.77. The fourth-order valence-electron chi connectivity index (χ4n) is 1.36. The van der Waals surface area contributed by atoms with E-state index in [2.05, 4.69) is 4.72 Å². The first-order chi connectivity index (χ1) is 8.77. The number of carbonyl (C=O) groups is 1. The highest BCUT2D eigenvalue weighted by Gasteiger charge is 2.22. The van der Waals surface area contributed by atoms with Crippen LogP contribution in [0.15, 0.2) is 23.1 Å². The summed E-state index contributed by atoms with van der Waals surface area (Å²) in [6.45, 7) is 1.46. The molecule has 0 saturated heterocycles. The summed E-state index contributed by atoms with van der Waals surface area (Å²) in [6, 6.07) is 3.61. The zero-order valence-electron chi connectivity index (χ0n) is 9.92. The number of aromatic carboxylic acids is 1. The maximum absolute atomic E-state index is 13.6. The molecule has 1 atom stereocenters. The molecule has 1 unspecified atom stereocenters. The van der Waals surface area contributed by atoms with Gasteiger partial charge in [-0.25, -0.2) is 22.3 Å². The van der Waals surface area contributed by atoms with Crippen LogP contribution in [0, 0.1) is 17.1 Å². The van der Waals surface area contributed by atoms with Gasteiger partial charge in [0.15, 0.2) is 0 Å². The number of nitrogens with one attached hydrogen (secondary N) is 1. The zero-order chi connectivity index (χ0) is 14.6. The molecule has 0 aliphatic heterocycles. The van der Waals surface area contributed by atoms with Gasteiger partial charge in [0, 0.05) is 6.04 Å². The molecule has 0 radical (unpaired) electrons. The van der Waals surface area contributed by atoms with Gasteiger partial charge in [-0.1, -0.05) is 0 Å². The van der Waals surface area contributed by atoms with Crippen LogP contribution in [0.4, 0.5) is 4.39 Å². The van der Waals surface area contributed by atoms with Crippen LogP contribution in [-0.4, -0.2) is 25.5 Å². The Hall–Kier alpha value is -1.98. The molecule has 102 valence electrons. The van der Waals surface area contributed by atoms with Crippen LogP contribution < -0.4 is 4.72 Å². The predicted octanol–water partition coefficient (Wildman–Crippen LogP) is 1.10. The first-order valence-corrected chi connectivity index (χ1v) is 6.68. The number of carboxylic acid groups (broad SMARTS) is 1. The highest BCUT2D eigenvalue weighted by molar-refractivity contribution is 7.89. The molecular formula is C11H11FN2O4S. The second-order valence-electron chi connectivity index (χ2n) is 3.83. The molecule has 0 saturated carbocycles. The minimum absolute atomic E-state index is 0.0614. The van der Waals surface area contributed by atoms with E-state index in [0.717, 1.165) is 12.1 Å². The summed E-state index contributed by atoms with van der Waals surface area (Å²) in [4.78, 5) is 9.96. The van der Waals surface area contributed by atoms with E-state index >= 15 is 0 Å². The Bertz CT molecular complexity index is 637. The number of rotatable bonds is 5. The van der Waals surface area contributed by atoms with Gasteiger partial charge in [-0.15, -0.1) is 0 Å². The highest BCUT2D eigenvalue weighted by atomic mass is 32.2. The SMILES string of the molecule is CC(CC#N)NS(=O)(=O)c1ccc(C(=O)O)cc1F. The van der Waals surface area contributed by atoms with Crippen molar-refractivity contribution in [1.82, 2.24) is 4.72 Å². The Morgan fingerprint density at radius 2 is 2.21 bits per heavy atom. The van der Waals surface area contributed by atoms with E-state index in [1.54, 1.807) is 6.07 Å². The lowest BCUT2D eigenvalue weighted by Crippen LogP contribution is -2.32. The van der Waals surface area contributed by atoms with E-state index in [1.807, 2.05) is 0 Å². The molecule has 2 N–H and O–H groups in total. The van der Waals surface area contributed by atoms with Crippen molar-refractivity contribution in [2.45, 2.75) is 24.3 Å². The third kappa shape index (κ3) is 3.74. The van der Waals surface area contributed by atoms with E-state index < -0.39 is 32.7 Å². The molecule has 0 aliphatic carbocycles. The number of nitrogens with zero attached hydrogens (tertiary/aromatic N) is 1. The van der Waals surface area contributed by atoms with Gasteiger partial charge in [-0.2, -0.15) is 5.26 Å². The van der Waals surface area contributed by atoms with E-state index in [4.69, 9.17) is 10.4 Å². The Balaban J connectivity index is 3.09. The van der Waals surface area contributed by atoms with Crippen molar-refractivity contribution < 1.29 is 22.7 Å². The predicted molar refractivity (Wildman–Crippen MR) is 63.4 cm³/mol. The molecule has 1 aromatic rings. The van der Waals surface area contributed by atoms with Crippen LogP contribution in [0.25, 0.3) is 0 Å². The molecule has 0 aromatic heterocycles. The molecule has 0 amide bonds. The smallest absolute Gasteiger partial charge is 0.335 e. The number of hydrogen-bond donors (Lipinski definition) is 2. The fourth-order valence-corrected chi connectivity index (χ4v) is 2.66. The summed E-state index contributed by atoms with van der Waals surface area (Å²) in [6.07, 6.45) is -0.0614. The number of benzene rings is 1. The van der Waals surface area contributed by atoms with Gasteiger partial charge < -0.3 is 5.11 Å². The molecular weight excluding hydrogens is 275 g/mol. The Morgan fingerprint density at radius 1 is 1.58 bits per heavy atom. The molecule has 8 heteroatoms. The maximum Gasteiger partial charge on any atom is 0.335 e. The zero-order valence-corrected chi connectivity index (χ0v) is 10.7. The average Bonchev–Trinajstić information content (AvgIpc) is 2.27. The standard InChI is InChI=1S/C11H11FN2O4S/c1-7(4-5-13)14-19(17,18)10-3-2-8(11(15)16)6-9(10)12/h2-3,6-7,14H,4H2,1H3,(H,15,16). The van der Waals surface area contributed by atoms with Gasteiger partial charge in [0.05, 0.1) is 18.1 Å². The van der Waals surface area contributed by atoms with Crippen molar-refractivity contribution in [1.29, 1.82) is 5.26 Å². The van der Waals surface area contributed by atoms with Crippen LogP contribution in [0.1, 0.15) is 23.7 Å². The van der Waals surface area contributed by atoms with Crippen LogP contribution in [0.2, 0.25) is 0 Å². The second-order valence-corrected chi connectivity index (χ2v) is 5.52. The largest absolute Gasteiger partial charge is 0.478 e. The van der Waals surface area contributed by atoms with E-state index in [9.17, 15) is 17.6 Å². The molecule has 1 aromatic carbocycles. The molecule has 0 fully saturated rings. The third-order valence-electron chi connectivity index (χ3n) is 2.22. The summed E-state index contributed by atoms with van der Waals surface area (Å²) in [5.74, 6) is -2.51. The van der Waals surface area contributed by atoms with Crippen molar-refractivity contribution in [3.63, 3.8) is 0 Å². The van der Waals surface area contributed by atoms with Crippen molar-refractivity contribution in [3.8, 4) is 6.07 Å². The van der Waals surface area contributed by atoms with Gasteiger partial charge in [0.1, 0.15) is 10.7 Å². The van der Waals surface area contributed by atoms with Crippen LogP contribution in [0.5, 0.6) is 0 Å². The lowest BCUT2D eigenvalue weighted by Gasteiger charge is -2.11. The Kier molecular flexibility index (Phi) is 4.58. The summed E-state index contributed by atoms with van der Waals surface area (Å²) >= 11 is 0. The van der Waals surface area contributed by atoms with Gasteiger partial charge in [-0.3, -0.25) is 0 Å². The molecule has 0 spiro atoms. The summed E-state index contributed by atoms with van der Waals surface area (Å²) < 4.78 is 39.3. The monoisotopic (exact) mass is 286 g/mol. The number of sulfonamides is 1. The molecule has 6 nitrogen and oxygen atoms in total. The number of nitriles is 1. The van der Waals surface area contributed by atoms with E-state index in [1.165, 1.54) is 6.92 Å². The number of halogens is 1. The van der Waals surface area contributed by atoms with Crippen molar-refractivity contribution in [3.05, 3.63) is 29.6 Å². The van der Waals surface area contributed by atoms with Crippen LogP contribution in [-0.2, 0) is 10.0 Å². The maximum atomic E-state index is 13.6. The number of hydrogen-bond acceptors (Lipinski definition) is 4. The minimum Gasteiger partial charge on any atom is -0.478 e. The van der Waals surface area contributed by atoms with Gasteiger partial charge in [0.25, 0.3) is 0 Å². The summed E-state index contributed by atoms with van der Waals surface area (Å²) in [5.41, 5.74) is -0.346. The Morgan fingerprint density at radius 3 is 2.68 bits per heavy atom. The fraction of sp³-hybridized carbons (Fsp3) is 0.273. The summed E-state index contributed by atoms with van der Waals surface area (Å²) in [7, 11) is -4.12. The highest BCUT2D eigenvalue weighted by Crippen LogP contribution is 2.16. The molecule has 0 heterocycles. The van der Waals surface area contributed by atoms with E-state index in [0.29, 0.717) is 6.07 Å². The molecule has 1 rings (SSSR count). The topological polar surface area (TPSA) is 107 Å². The first kappa shape index (κ1) is 15.1. The quantitative estimate of drug-likeness (QED) is 0.843. The van der Waals surface area contributed by atoms with Gasteiger partial charge in [-0.05, 0) is 25.1 Å². The van der Waals surface area contributed by atoms with Crippen molar-refractivity contribution in [2.24, 2.45) is 0 Å². The lowest BCUT2D eigenvalue weighted by atomic mass is 10.2. The molecule has 0 bridgehead atoms. The first-order valence-electron chi connectivity index (χ1n) is 5.20. The number of carboxylic acids is 1. The van der Waals surface area contributed by atoms with Crippen molar-refractivity contribution in [2.75, 3.05) is 0 Å².